The van der Waals surface area contributed by atoms with E-state index in [9.17, 15) is 4.79 Å². The molecule has 0 spiro atoms. The molecule has 1 aromatic rings. The van der Waals surface area contributed by atoms with Gasteiger partial charge in [0.1, 0.15) is 0 Å². The van der Waals surface area contributed by atoms with E-state index in [1.54, 1.807) is 21.3 Å². The van der Waals surface area contributed by atoms with Gasteiger partial charge in [0.05, 0.1) is 27.8 Å². The van der Waals surface area contributed by atoms with Crippen molar-refractivity contribution in [2.45, 2.75) is 38.5 Å². The van der Waals surface area contributed by atoms with Crippen LogP contribution >= 0.6 is 0 Å². The molecule has 0 saturated carbocycles. The van der Waals surface area contributed by atoms with E-state index >= 15 is 0 Å². The third kappa shape index (κ3) is 4.91. The van der Waals surface area contributed by atoms with E-state index in [4.69, 9.17) is 14.2 Å². The molecule has 0 saturated heterocycles. The van der Waals surface area contributed by atoms with Gasteiger partial charge < -0.3 is 19.5 Å². The molecule has 0 bridgehead atoms. The summed E-state index contributed by atoms with van der Waals surface area (Å²) >= 11 is 0. The molecule has 1 aliphatic carbocycles. The van der Waals surface area contributed by atoms with E-state index in [-0.39, 0.29) is 12.3 Å². The molecule has 1 aliphatic rings. The highest BCUT2D eigenvalue weighted by Gasteiger charge is 2.15. The fourth-order valence-corrected chi connectivity index (χ4v) is 2.98. The predicted molar refractivity (Wildman–Crippen MR) is 94.0 cm³/mol. The highest BCUT2D eigenvalue weighted by molar-refractivity contribution is 5.79. The molecule has 0 aliphatic heterocycles. The number of hydrogen-bond donors (Lipinski definition) is 1. The van der Waals surface area contributed by atoms with Gasteiger partial charge in [-0.25, -0.2) is 0 Å². The molecule has 0 heterocycles. The van der Waals surface area contributed by atoms with Gasteiger partial charge in [-0.2, -0.15) is 0 Å². The van der Waals surface area contributed by atoms with Gasteiger partial charge >= 0.3 is 0 Å². The summed E-state index contributed by atoms with van der Waals surface area (Å²) in [7, 11) is 4.70. The number of carbonyl (C=O) groups is 1. The SMILES string of the molecule is COc1cc(CC(=O)NCCC2=CCCCC2)cc(OC)c1OC. The third-order valence-corrected chi connectivity index (χ3v) is 4.24. The molecule has 1 aromatic carbocycles. The Hall–Kier alpha value is -2.17. The average Bonchev–Trinajstić information content (AvgIpc) is 2.61. The van der Waals surface area contributed by atoms with Crippen molar-refractivity contribution < 1.29 is 19.0 Å². The number of benzene rings is 1. The smallest absolute Gasteiger partial charge is 0.224 e. The van der Waals surface area contributed by atoms with Crippen molar-refractivity contribution in [3.8, 4) is 17.2 Å². The van der Waals surface area contributed by atoms with Crippen LogP contribution < -0.4 is 19.5 Å². The summed E-state index contributed by atoms with van der Waals surface area (Å²) in [5, 5.41) is 2.99. The monoisotopic (exact) mass is 333 g/mol. The molecule has 0 unspecified atom stereocenters. The maximum atomic E-state index is 12.2. The summed E-state index contributed by atoms with van der Waals surface area (Å²) in [4.78, 5) is 12.2. The van der Waals surface area contributed by atoms with E-state index in [0.29, 0.717) is 23.8 Å². The van der Waals surface area contributed by atoms with Crippen LogP contribution in [0.15, 0.2) is 23.8 Å². The maximum Gasteiger partial charge on any atom is 0.224 e. The number of rotatable bonds is 8. The lowest BCUT2D eigenvalue weighted by molar-refractivity contribution is -0.120. The number of carbonyl (C=O) groups excluding carboxylic acids is 1. The second-order valence-corrected chi connectivity index (χ2v) is 5.92. The van der Waals surface area contributed by atoms with Gasteiger partial charge in [0, 0.05) is 6.54 Å². The average molecular weight is 333 g/mol. The van der Waals surface area contributed by atoms with Gasteiger partial charge in [-0.1, -0.05) is 11.6 Å². The Bertz CT molecular complexity index is 570. The first-order valence-electron chi connectivity index (χ1n) is 8.41. The summed E-state index contributed by atoms with van der Waals surface area (Å²) in [5.74, 6) is 1.66. The van der Waals surface area contributed by atoms with Crippen LogP contribution in [-0.2, 0) is 11.2 Å². The Kier molecular flexibility index (Phi) is 6.97. The molecule has 132 valence electrons. The van der Waals surface area contributed by atoms with Crippen LogP contribution in [0.4, 0.5) is 0 Å². The fourth-order valence-electron chi connectivity index (χ4n) is 2.98. The van der Waals surface area contributed by atoms with Crippen molar-refractivity contribution in [2.24, 2.45) is 0 Å². The minimum absolute atomic E-state index is 0.000632. The first-order valence-corrected chi connectivity index (χ1v) is 8.41. The minimum atomic E-state index is 0.000632. The van der Waals surface area contributed by atoms with Crippen molar-refractivity contribution in [3.05, 3.63) is 29.3 Å². The second-order valence-electron chi connectivity index (χ2n) is 5.92. The molecular weight excluding hydrogens is 306 g/mol. The predicted octanol–water partition coefficient (Wildman–Crippen LogP) is 3.26. The van der Waals surface area contributed by atoms with Gasteiger partial charge in [-0.3, -0.25) is 4.79 Å². The van der Waals surface area contributed by atoms with Crippen LogP contribution in [0.2, 0.25) is 0 Å². The Morgan fingerprint density at radius 3 is 2.33 bits per heavy atom. The summed E-state index contributed by atoms with van der Waals surface area (Å²) in [6.45, 7) is 0.690. The Morgan fingerprint density at radius 1 is 1.08 bits per heavy atom. The highest BCUT2D eigenvalue weighted by atomic mass is 16.5. The standard InChI is InChI=1S/C19H27NO4/c1-22-16-11-15(12-17(23-2)19(16)24-3)13-18(21)20-10-9-14-7-5-4-6-8-14/h7,11-12H,4-6,8-10,13H2,1-3H3,(H,20,21). The van der Waals surface area contributed by atoms with Crippen LogP contribution in [0.5, 0.6) is 17.2 Å². The molecule has 0 aromatic heterocycles. The van der Waals surface area contributed by atoms with Crippen LogP contribution in [0.1, 0.15) is 37.7 Å². The van der Waals surface area contributed by atoms with E-state index in [0.717, 1.165) is 12.0 Å². The van der Waals surface area contributed by atoms with Gasteiger partial charge in [0.2, 0.25) is 11.7 Å². The lowest BCUT2D eigenvalue weighted by Gasteiger charge is -2.15. The summed E-state index contributed by atoms with van der Waals surface area (Å²) in [6.07, 6.45) is 8.45. The highest BCUT2D eigenvalue weighted by Crippen LogP contribution is 2.38. The van der Waals surface area contributed by atoms with Gasteiger partial charge in [0.15, 0.2) is 11.5 Å². The van der Waals surface area contributed by atoms with Crippen LogP contribution in [0.3, 0.4) is 0 Å². The number of ether oxygens (including phenoxy) is 3. The summed E-state index contributed by atoms with van der Waals surface area (Å²) in [6, 6.07) is 3.62. The first kappa shape index (κ1) is 18.2. The van der Waals surface area contributed by atoms with Crippen molar-refractivity contribution in [1.29, 1.82) is 0 Å². The van der Waals surface area contributed by atoms with Crippen LogP contribution in [0, 0.1) is 0 Å². The van der Waals surface area contributed by atoms with E-state index in [1.807, 2.05) is 12.1 Å². The zero-order chi connectivity index (χ0) is 17.4. The summed E-state index contributed by atoms with van der Waals surface area (Å²) in [5.41, 5.74) is 2.30. The van der Waals surface area contributed by atoms with E-state index in [1.165, 1.54) is 31.3 Å². The van der Waals surface area contributed by atoms with Crippen LogP contribution in [0.25, 0.3) is 0 Å². The second kappa shape index (κ2) is 9.21. The molecule has 2 rings (SSSR count). The zero-order valence-corrected chi connectivity index (χ0v) is 14.8. The molecule has 1 amide bonds. The van der Waals surface area contributed by atoms with Crippen molar-refractivity contribution in [2.75, 3.05) is 27.9 Å². The van der Waals surface area contributed by atoms with E-state index < -0.39 is 0 Å². The van der Waals surface area contributed by atoms with Gasteiger partial charge in [-0.15, -0.1) is 0 Å². The Labute approximate surface area is 144 Å². The lowest BCUT2D eigenvalue weighted by atomic mass is 9.97. The normalized spacial score (nSPS) is 13.9. The number of methoxy groups -OCH3 is 3. The quantitative estimate of drug-likeness (QED) is 0.742. The van der Waals surface area contributed by atoms with Crippen molar-refractivity contribution in [1.82, 2.24) is 5.32 Å². The van der Waals surface area contributed by atoms with Gasteiger partial charge in [-0.05, 0) is 49.8 Å². The number of allylic oxidation sites excluding steroid dienone is 1. The number of nitrogens with one attached hydrogen (secondary N) is 1. The van der Waals surface area contributed by atoms with Crippen molar-refractivity contribution in [3.63, 3.8) is 0 Å². The molecule has 24 heavy (non-hydrogen) atoms. The summed E-state index contributed by atoms with van der Waals surface area (Å²) < 4.78 is 15.9. The Balaban J connectivity index is 1.92. The molecule has 0 radical (unpaired) electrons. The minimum Gasteiger partial charge on any atom is -0.493 e. The number of hydrogen-bond acceptors (Lipinski definition) is 4. The first-order chi connectivity index (χ1) is 11.7. The molecular formula is C19H27NO4. The molecule has 5 heteroatoms. The van der Waals surface area contributed by atoms with Gasteiger partial charge in [0.25, 0.3) is 0 Å². The topological polar surface area (TPSA) is 56.8 Å². The fraction of sp³-hybridized carbons (Fsp3) is 0.526. The van der Waals surface area contributed by atoms with Crippen LogP contribution in [-0.4, -0.2) is 33.8 Å². The third-order valence-electron chi connectivity index (χ3n) is 4.24. The largest absolute Gasteiger partial charge is 0.493 e. The molecule has 5 nitrogen and oxygen atoms in total. The number of amides is 1. The molecule has 0 atom stereocenters. The zero-order valence-electron chi connectivity index (χ0n) is 14.8. The molecule has 0 fully saturated rings. The Morgan fingerprint density at radius 2 is 1.79 bits per heavy atom. The van der Waals surface area contributed by atoms with E-state index in [2.05, 4.69) is 11.4 Å². The van der Waals surface area contributed by atoms with Crippen molar-refractivity contribution >= 4 is 5.91 Å². The lowest BCUT2D eigenvalue weighted by Crippen LogP contribution is -2.26. The molecule has 1 N–H and O–H groups in total. The maximum absolute atomic E-state index is 12.2.